The van der Waals surface area contributed by atoms with Gasteiger partial charge >= 0.3 is 0 Å². The maximum Gasteiger partial charge on any atom is 0.119 e. The summed E-state index contributed by atoms with van der Waals surface area (Å²) in [6.07, 6.45) is 1.39. The lowest BCUT2D eigenvalue weighted by Crippen LogP contribution is -2.04. The third kappa shape index (κ3) is 4.14. The van der Waals surface area contributed by atoms with Gasteiger partial charge < -0.3 is 15.6 Å². The standard InChI is InChI=1S/C11H17NO2/c1-9(13)3-2-8-14-11-6-4-10(12)5-7-11/h4-7,9,13H,2-3,8,12H2,1H3. The molecule has 0 spiro atoms. The third-order valence-electron chi connectivity index (χ3n) is 1.92. The van der Waals surface area contributed by atoms with Crippen LogP contribution in [0.15, 0.2) is 24.3 Å². The van der Waals surface area contributed by atoms with Crippen molar-refractivity contribution >= 4 is 5.69 Å². The lowest BCUT2D eigenvalue weighted by atomic mass is 10.2. The smallest absolute Gasteiger partial charge is 0.119 e. The van der Waals surface area contributed by atoms with Crippen LogP contribution >= 0.6 is 0 Å². The maximum absolute atomic E-state index is 9.01. The molecule has 1 rings (SSSR count). The van der Waals surface area contributed by atoms with Gasteiger partial charge in [-0.2, -0.15) is 0 Å². The summed E-state index contributed by atoms with van der Waals surface area (Å²) in [5.41, 5.74) is 6.27. The van der Waals surface area contributed by atoms with Crippen LogP contribution in [0.1, 0.15) is 19.8 Å². The van der Waals surface area contributed by atoms with Crippen molar-refractivity contribution in [2.75, 3.05) is 12.3 Å². The number of benzene rings is 1. The zero-order valence-electron chi connectivity index (χ0n) is 8.44. The number of hydrogen-bond acceptors (Lipinski definition) is 3. The lowest BCUT2D eigenvalue weighted by Gasteiger charge is -2.07. The van der Waals surface area contributed by atoms with Crippen molar-refractivity contribution in [1.29, 1.82) is 0 Å². The van der Waals surface area contributed by atoms with E-state index in [1.165, 1.54) is 0 Å². The van der Waals surface area contributed by atoms with Crippen LogP contribution in [0.25, 0.3) is 0 Å². The Labute approximate surface area is 84.5 Å². The van der Waals surface area contributed by atoms with Gasteiger partial charge in [-0.1, -0.05) is 0 Å². The van der Waals surface area contributed by atoms with Gasteiger partial charge in [0.05, 0.1) is 12.7 Å². The normalized spacial score (nSPS) is 12.4. The van der Waals surface area contributed by atoms with E-state index in [0.29, 0.717) is 6.61 Å². The average Bonchev–Trinajstić information content (AvgIpc) is 2.15. The van der Waals surface area contributed by atoms with E-state index in [0.717, 1.165) is 24.3 Å². The molecule has 0 amide bonds. The zero-order chi connectivity index (χ0) is 10.4. The number of aliphatic hydroxyl groups excluding tert-OH is 1. The molecule has 0 aliphatic rings. The molecule has 1 aromatic rings. The maximum atomic E-state index is 9.01. The van der Waals surface area contributed by atoms with Gasteiger partial charge in [0.1, 0.15) is 5.75 Å². The minimum atomic E-state index is -0.245. The Kier molecular flexibility index (Phi) is 4.26. The van der Waals surface area contributed by atoms with Crippen LogP contribution in [0.5, 0.6) is 5.75 Å². The SMILES string of the molecule is CC(O)CCCOc1ccc(N)cc1. The van der Waals surface area contributed by atoms with E-state index < -0.39 is 0 Å². The highest BCUT2D eigenvalue weighted by Gasteiger charge is 1.96. The largest absolute Gasteiger partial charge is 0.494 e. The van der Waals surface area contributed by atoms with E-state index in [2.05, 4.69) is 0 Å². The van der Waals surface area contributed by atoms with E-state index in [9.17, 15) is 0 Å². The van der Waals surface area contributed by atoms with Crippen molar-refractivity contribution in [2.45, 2.75) is 25.9 Å². The molecule has 0 heterocycles. The molecule has 0 aliphatic carbocycles. The van der Waals surface area contributed by atoms with Gasteiger partial charge in [-0.05, 0) is 44.0 Å². The van der Waals surface area contributed by atoms with Crippen LogP contribution in [-0.2, 0) is 0 Å². The van der Waals surface area contributed by atoms with Crippen LogP contribution in [0.2, 0.25) is 0 Å². The van der Waals surface area contributed by atoms with Gasteiger partial charge in [0.2, 0.25) is 0 Å². The highest BCUT2D eigenvalue weighted by molar-refractivity contribution is 5.41. The Morgan fingerprint density at radius 3 is 2.57 bits per heavy atom. The number of nitrogen functional groups attached to an aromatic ring is 1. The Balaban J connectivity index is 2.21. The Morgan fingerprint density at radius 2 is 2.00 bits per heavy atom. The second kappa shape index (κ2) is 5.50. The van der Waals surface area contributed by atoms with Gasteiger partial charge in [-0.3, -0.25) is 0 Å². The topological polar surface area (TPSA) is 55.5 Å². The predicted octanol–water partition coefficient (Wildman–Crippen LogP) is 1.81. The molecule has 0 saturated carbocycles. The molecule has 3 heteroatoms. The van der Waals surface area contributed by atoms with Crippen LogP contribution in [0.3, 0.4) is 0 Å². The summed E-state index contributed by atoms with van der Waals surface area (Å²) in [4.78, 5) is 0. The molecule has 78 valence electrons. The fourth-order valence-corrected chi connectivity index (χ4v) is 1.13. The van der Waals surface area contributed by atoms with E-state index in [1.54, 1.807) is 6.92 Å². The molecular weight excluding hydrogens is 178 g/mol. The molecular formula is C11H17NO2. The summed E-state index contributed by atoms with van der Waals surface area (Å²) in [6, 6.07) is 7.31. The van der Waals surface area contributed by atoms with Crippen molar-refractivity contribution in [2.24, 2.45) is 0 Å². The number of hydrogen-bond donors (Lipinski definition) is 2. The molecule has 3 nitrogen and oxygen atoms in total. The fourth-order valence-electron chi connectivity index (χ4n) is 1.13. The number of ether oxygens (including phenoxy) is 1. The molecule has 1 unspecified atom stereocenters. The number of aliphatic hydroxyl groups is 1. The molecule has 0 aliphatic heterocycles. The number of anilines is 1. The first kappa shape index (κ1) is 10.9. The predicted molar refractivity (Wildman–Crippen MR) is 57.3 cm³/mol. The van der Waals surface area contributed by atoms with Crippen LogP contribution < -0.4 is 10.5 Å². The van der Waals surface area contributed by atoms with Gasteiger partial charge in [0.15, 0.2) is 0 Å². The number of rotatable bonds is 5. The summed E-state index contributed by atoms with van der Waals surface area (Å²) in [5, 5.41) is 9.01. The highest BCUT2D eigenvalue weighted by Crippen LogP contribution is 2.13. The summed E-state index contributed by atoms with van der Waals surface area (Å²) in [5.74, 6) is 0.824. The molecule has 0 bridgehead atoms. The summed E-state index contributed by atoms with van der Waals surface area (Å²) < 4.78 is 5.44. The fraction of sp³-hybridized carbons (Fsp3) is 0.455. The van der Waals surface area contributed by atoms with Crippen molar-refractivity contribution < 1.29 is 9.84 Å². The van der Waals surface area contributed by atoms with E-state index in [1.807, 2.05) is 24.3 Å². The first-order valence-corrected chi connectivity index (χ1v) is 4.85. The Bertz CT molecular complexity index is 256. The third-order valence-corrected chi connectivity index (χ3v) is 1.92. The summed E-state index contributed by atoms with van der Waals surface area (Å²) in [6.45, 7) is 2.41. The summed E-state index contributed by atoms with van der Waals surface area (Å²) in [7, 11) is 0. The molecule has 3 N–H and O–H groups in total. The molecule has 1 atom stereocenters. The second-order valence-electron chi connectivity index (χ2n) is 3.41. The first-order valence-electron chi connectivity index (χ1n) is 4.85. The number of nitrogens with two attached hydrogens (primary N) is 1. The Hall–Kier alpha value is -1.22. The van der Waals surface area contributed by atoms with E-state index >= 15 is 0 Å². The highest BCUT2D eigenvalue weighted by atomic mass is 16.5. The van der Waals surface area contributed by atoms with E-state index in [4.69, 9.17) is 15.6 Å². The molecule has 0 radical (unpaired) electrons. The lowest BCUT2D eigenvalue weighted by molar-refractivity contribution is 0.170. The minimum Gasteiger partial charge on any atom is -0.494 e. The van der Waals surface area contributed by atoms with Crippen LogP contribution in [-0.4, -0.2) is 17.8 Å². The molecule has 14 heavy (non-hydrogen) atoms. The minimum absolute atomic E-state index is 0.245. The Morgan fingerprint density at radius 1 is 1.36 bits per heavy atom. The van der Waals surface area contributed by atoms with Crippen molar-refractivity contribution in [3.8, 4) is 5.75 Å². The average molecular weight is 195 g/mol. The van der Waals surface area contributed by atoms with Crippen molar-refractivity contribution in [3.05, 3.63) is 24.3 Å². The van der Waals surface area contributed by atoms with E-state index in [-0.39, 0.29) is 6.10 Å². The van der Waals surface area contributed by atoms with Crippen LogP contribution in [0.4, 0.5) is 5.69 Å². The van der Waals surface area contributed by atoms with Gasteiger partial charge in [-0.25, -0.2) is 0 Å². The van der Waals surface area contributed by atoms with Crippen molar-refractivity contribution in [3.63, 3.8) is 0 Å². The van der Waals surface area contributed by atoms with Crippen molar-refractivity contribution in [1.82, 2.24) is 0 Å². The molecule has 0 fully saturated rings. The van der Waals surface area contributed by atoms with Gasteiger partial charge in [-0.15, -0.1) is 0 Å². The molecule has 1 aromatic carbocycles. The van der Waals surface area contributed by atoms with Gasteiger partial charge in [0.25, 0.3) is 0 Å². The quantitative estimate of drug-likeness (QED) is 0.556. The monoisotopic (exact) mass is 195 g/mol. The van der Waals surface area contributed by atoms with Gasteiger partial charge in [0, 0.05) is 5.69 Å². The van der Waals surface area contributed by atoms with Crippen LogP contribution in [0, 0.1) is 0 Å². The molecule has 0 aromatic heterocycles. The second-order valence-corrected chi connectivity index (χ2v) is 3.41. The zero-order valence-corrected chi connectivity index (χ0v) is 8.44. The first-order chi connectivity index (χ1) is 6.68. The molecule has 0 saturated heterocycles. The summed E-state index contributed by atoms with van der Waals surface area (Å²) >= 11 is 0.